The number of hydrogen-bond acceptors (Lipinski definition) is 10. The minimum absolute atomic E-state index is 0.194. The lowest BCUT2D eigenvalue weighted by molar-refractivity contribution is -0.142. The summed E-state index contributed by atoms with van der Waals surface area (Å²) >= 11 is 0. The van der Waals surface area contributed by atoms with Gasteiger partial charge in [0.1, 0.15) is 12.1 Å². The fourth-order valence-corrected chi connectivity index (χ4v) is 9.96. The predicted octanol–water partition coefficient (Wildman–Crippen LogP) is 4.23. The third-order valence-electron chi connectivity index (χ3n) is 15.2. The van der Waals surface area contributed by atoms with Crippen LogP contribution < -0.4 is 21.3 Å². The zero-order valence-electron chi connectivity index (χ0n) is 48.4. The van der Waals surface area contributed by atoms with Gasteiger partial charge in [-0.25, -0.2) is 0 Å². The van der Waals surface area contributed by atoms with Gasteiger partial charge in [-0.1, -0.05) is 102 Å². The van der Waals surface area contributed by atoms with E-state index in [9.17, 15) is 38.4 Å². The molecule has 2 aliphatic rings. The van der Waals surface area contributed by atoms with Crippen LogP contribution in [-0.2, 0) is 41.6 Å². The molecule has 0 radical (unpaired) electrons. The van der Waals surface area contributed by atoms with Crippen LogP contribution in [0, 0.1) is 10.8 Å². The molecule has 3 aromatic carbocycles. The van der Waals surface area contributed by atoms with Gasteiger partial charge in [0, 0.05) is 76.6 Å². The first-order chi connectivity index (χ1) is 36.8. The number of likely N-dealkylation sites (tertiary alicyclic amines) is 2. The van der Waals surface area contributed by atoms with Crippen molar-refractivity contribution in [3.63, 3.8) is 0 Å². The molecule has 2 fully saturated rings. The number of nitrogens with one attached hydrogen (secondary N) is 4. The lowest BCUT2D eigenvalue weighted by Gasteiger charge is -2.38. The van der Waals surface area contributed by atoms with Gasteiger partial charge in [-0.05, 0) is 113 Å². The molecule has 18 heteroatoms. The summed E-state index contributed by atoms with van der Waals surface area (Å²) in [5.74, 6) is -2.37. The average Bonchev–Trinajstić information content (AvgIpc) is 4.10. The van der Waals surface area contributed by atoms with Gasteiger partial charge in [-0.2, -0.15) is 0 Å². The van der Waals surface area contributed by atoms with E-state index >= 15 is 0 Å². The molecule has 2 saturated heterocycles. The molecule has 0 aliphatic carbocycles. The van der Waals surface area contributed by atoms with Gasteiger partial charge in [0.25, 0.3) is 11.8 Å². The molecule has 0 bridgehead atoms. The zero-order valence-corrected chi connectivity index (χ0v) is 48.4. The molecule has 6 atom stereocenters. The molecule has 5 rings (SSSR count). The van der Waals surface area contributed by atoms with E-state index < -0.39 is 46.8 Å². The van der Waals surface area contributed by atoms with Gasteiger partial charge in [-0.3, -0.25) is 38.4 Å². The summed E-state index contributed by atoms with van der Waals surface area (Å²) in [5, 5.41) is 11.8. The first-order valence-corrected chi connectivity index (χ1v) is 27.6. The Morgan fingerprint density at radius 2 is 0.872 bits per heavy atom. The molecule has 8 amide bonds. The van der Waals surface area contributed by atoms with Crippen LogP contribution >= 0.6 is 0 Å². The number of benzene rings is 3. The molecule has 2 aliphatic heterocycles. The fraction of sp³-hybridized carbons (Fsp3) is 0.567. The van der Waals surface area contributed by atoms with Crippen LogP contribution in [0.15, 0.2) is 84.9 Å². The summed E-state index contributed by atoms with van der Waals surface area (Å²) in [6.07, 6.45) is 3.96. The van der Waals surface area contributed by atoms with E-state index in [1.54, 1.807) is 61.6 Å². The summed E-state index contributed by atoms with van der Waals surface area (Å²) in [6, 6.07) is 22.6. The normalized spacial score (nSPS) is 17.1. The summed E-state index contributed by atoms with van der Waals surface area (Å²) in [6.45, 7) is 16.7. The molecule has 78 heavy (non-hydrogen) atoms. The Morgan fingerprint density at radius 1 is 0.538 bits per heavy atom. The highest BCUT2D eigenvalue weighted by molar-refractivity contribution is 6.00. The van der Waals surface area contributed by atoms with Gasteiger partial charge >= 0.3 is 0 Å². The SMILES string of the molecule is CN[C@@H](C)C(=O)N[C@H](C(=O)N1CCC[C@@H]1CN(CCc1ccccc1)C(=O)CN(C)C(=O)c1ccc(C(=O)N(C)CC(=O)N(CCc2ccccc2)C[C@@H]2CCCN2C(=O)[C@@H](NC(=O)[C@H](C)NC)C(C)(C)C)cc1)C(C)(C)C. The third-order valence-corrected chi connectivity index (χ3v) is 15.2. The van der Waals surface area contributed by atoms with Crippen molar-refractivity contribution in [2.45, 2.75) is 130 Å². The summed E-state index contributed by atoms with van der Waals surface area (Å²) < 4.78 is 0. The Kier molecular flexibility index (Phi) is 22.6. The van der Waals surface area contributed by atoms with Gasteiger partial charge in [0.15, 0.2) is 0 Å². The lowest BCUT2D eigenvalue weighted by Crippen LogP contribution is -2.59. The number of likely N-dealkylation sites (N-methyl/N-ethyl adjacent to an activating group) is 4. The van der Waals surface area contributed by atoms with Crippen LogP contribution in [-0.4, -0.2) is 193 Å². The summed E-state index contributed by atoms with van der Waals surface area (Å²) in [5.41, 5.74) is 1.43. The van der Waals surface area contributed by atoms with Gasteiger partial charge in [0.2, 0.25) is 35.4 Å². The van der Waals surface area contributed by atoms with Crippen molar-refractivity contribution in [3.05, 3.63) is 107 Å². The quantitative estimate of drug-likeness (QED) is 0.101. The molecule has 0 saturated carbocycles. The zero-order chi connectivity index (χ0) is 57.5. The number of carbonyl (C=O) groups excluding carboxylic acids is 8. The van der Waals surface area contributed by atoms with E-state index in [2.05, 4.69) is 21.3 Å². The molecule has 0 aromatic heterocycles. The molecular formula is C60H88N10O8. The van der Waals surface area contributed by atoms with Gasteiger partial charge < -0.3 is 50.7 Å². The molecule has 2 heterocycles. The average molecular weight is 1080 g/mol. The summed E-state index contributed by atoms with van der Waals surface area (Å²) in [4.78, 5) is 121. The topological polar surface area (TPSA) is 204 Å². The lowest BCUT2D eigenvalue weighted by atomic mass is 9.85. The van der Waals surface area contributed by atoms with Crippen molar-refractivity contribution in [2.75, 3.05) is 80.5 Å². The van der Waals surface area contributed by atoms with Crippen molar-refractivity contribution < 1.29 is 38.4 Å². The standard InChI is InChI=1S/C60H88N10O8/c1-41(61-9)53(73)63-51(59(3,4)5)57(77)69-33-19-25-47(69)37-67(35-31-43-21-15-13-16-22-43)49(71)39-65(11)55(75)45-27-29-46(30-28-45)56(76)66(12)40-50(72)68(36-32-44-23-17-14-18-24-44)38-48-26-20-34-70(48)58(78)52(60(6,7)8)64-54(74)42(2)62-10/h13-18,21-24,27-30,41-42,47-48,51-52,61-62H,19-20,25-26,31-40H2,1-12H3,(H,63,73)(H,64,74)/t41-,42-,47-,48+,51+,52+/m0/s1. The van der Waals surface area contributed by atoms with Crippen LogP contribution in [0.2, 0.25) is 0 Å². The van der Waals surface area contributed by atoms with Crippen molar-refractivity contribution >= 4 is 47.3 Å². The third kappa shape index (κ3) is 17.2. The van der Waals surface area contributed by atoms with Gasteiger partial charge in [-0.15, -0.1) is 0 Å². The van der Waals surface area contributed by atoms with Crippen LogP contribution in [0.4, 0.5) is 0 Å². The smallest absolute Gasteiger partial charge is 0.254 e. The maximum absolute atomic E-state index is 14.3. The number of nitrogens with zero attached hydrogens (tertiary/aromatic N) is 6. The Morgan fingerprint density at radius 3 is 1.18 bits per heavy atom. The predicted molar refractivity (Wildman–Crippen MR) is 303 cm³/mol. The van der Waals surface area contributed by atoms with E-state index in [0.29, 0.717) is 51.9 Å². The van der Waals surface area contributed by atoms with Crippen LogP contribution in [0.3, 0.4) is 0 Å². The molecule has 3 aromatic rings. The highest BCUT2D eigenvalue weighted by Gasteiger charge is 2.43. The number of hydrogen-bond donors (Lipinski definition) is 4. The second kappa shape index (κ2) is 28.3. The van der Waals surface area contributed by atoms with Crippen LogP contribution in [0.1, 0.15) is 113 Å². The Labute approximate surface area is 463 Å². The highest BCUT2D eigenvalue weighted by Crippen LogP contribution is 2.29. The Hall–Kier alpha value is -6.66. The van der Waals surface area contributed by atoms with Crippen molar-refractivity contribution in [3.8, 4) is 0 Å². The highest BCUT2D eigenvalue weighted by atomic mass is 16.2. The monoisotopic (exact) mass is 1080 g/mol. The number of rotatable bonds is 24. The molecular weight excluding hydrogens is 989 g/mol. The van der Waals surface area contributed by atoms with E-state index in [-0.39, 0.29) is 84.8 Å². The first-order valence-electron chi connectivity index (χ1n) is 27.6. The van der Waals surface area contributed by atoms with E-state index in [4.69, 9.17) is 0 Å². The van der Waals surface area contributed by atoms with E-state index in [0.717, 1.165) is 24.0 Å². The van der Waals surface area contributed by atoms with E-state index in [1.807, 2.05) is 102 Å². The second-order valence-corrected chi connectivity index (χ2v) is 23.3. The summed E-state index contributed by atoms with van der Waals surface area (Å²) in [7, 11) is 6.49. The van der Waals surface area contributed by atoms with Crippen LogP contribution in [0.25, 0.3) is 0 Å². The Bertz CT molecular complexity index is 2340. The van der Waals surface area contributed by atoms with Crippen LogP contribution in [0.5, 0.6) is 0 Å². The number of amides is 8. The minimum Gasteiger partial charge on any atom is -0.342 e. The minimum atomic E-state index is -0.787. The maximum Gasteiger partial charge on any atom is 0.254 e. The Balaban J connectivity index is 1.26. The largest absolute Gasteiger partial charge is 0.342 e. The first kappa shape index (κ1) is 62.2. The van der Waals surface area contributed by atoms with E-state index in [1.165, 1.54) is 34.1 Å². The van der Waals surface area contributed by atoms with Gasteiger partial charge in [0.05, 0.1) is 25.2 Å². The molecule has 18 nitrogen and oxygen atoms in total. The van der Waals surface area contributed by atoms with Crippen molar-refractivity contribution in [2.24, 2.45) is 10.8 Å². The number of carbonyl (C=O) groups is 8. The molecule has 426 valence electrons. The second-order valence-electron chi connectivity index (χ2n) is 23.3. The molecule has 4 N–H and O–H groups in total. The fourth-order valence-electron chi connectivity index (χ4n) is 9.96. The van der Waals surface area contributed by atoms with Crippen molar-refractivity contribution in [1.82, 2.24) is 50.7 Å². The van der Waals surface area contributed by atoms with Crippen molar-refractivity contribution in [1.29, 1.82) is 0 Å². The molecule has 0 spiro atoms. The molecule has 0 unspecified atom stereocenters. The maximum atomic E-state index is 14.3.